The van der Waals surface area contributed by atoms with E-state index in [-0.39, 0.29) is 17.7 Å². The average molecular weight is 456 g/mol. The molecule has 2 aromatic carbocycles. The van der Waals surface area contributed by atoms with Gasteiger partial charge >= 0.3 is 6.09 Å². The number of carbonyl (C=O) groups is 1. The molecule has 1 N–H and O–H groups in total. The number of hydrogen-bond donors (Lipinski definition) is 1. The number of nitrogens with zero attached hydrogens (tertiary/aromatic N) is 2. The molecule has 0 radical (unpaired) electrons. The second-order valence-corrected chi connectivity index (χ2v) is 9.58. The molecule has 1 fully saturated rings. The van der Waals surface area contributed by atoms with Crippen LogP contribution in [0.5, 0.6) is 0 Å². The van der Waals surface area contributed by atoms with Gasteiger partial charge in [-0.15, -0.1) is 0 Å². The number of aromatic amines is 1. The van der Waals surface area contributed by atoms with Gasteiger partial charge in [0, 0.05) is 31.6 Å². The van der Waals surface area contributed by atoms with E-state index in [1.165, 1.54) is 6.07 Å². The fourth-order valence-corrected chi connectivity index (χ4v) is 4.67. The molecule has 1 amide bonds. The lowest BCUT2D eigenvalue weighted by atomic mass is 9.75. The monoisotopic (exact) mass is 455 g/mol. The van der Waals surface area contributed by atoms with Gasteiger partial charge in [0.2, 0.25) is 5.56 Å². The minimum atomic E-state index is -0.831. The van der Waals surface area contributed by atoms with Gasteiger partial charge in [0.15, 0.2) is 0 Å². The van der Waals surface area contributed by atoms with Crippen molar-refractivity contribution in [2.24, 2.45) is 5.41 Å². The summed E-state index contributed by atoms with van der Waals surface area (Å²) in [4.78, 5) is 29.0. The Balaban J connectivity index is 1.55. The SMILES string of the molecule is C[C@@H](c1ccc(-c2ccc(=O)[nH]c2)cc1)N1CCC(CC(C)(C)C#N)(c2ccccc2)OC1=O. The normalized spacial score (nSPS) is 19.2. The van der Waals surface area contributed by atoms with E-state index >= 15 is 0 Å². The summed E-state index contributed by atoms with van der Waals surface area (Å²) in [7, 11) is 0. The summed E-state index contributed by atoms with van der Waals surface area (Å²) in [6.07, 6.45) is 2.35. The lowest BCUT2D eigenvalue weighted by Gasteiger charge is -2.45. The predicted molar refractivity (Wildman–Crippen MR) is 131 cm³/mol. The summed E-state index contributed by atoms with van der Waals surface area (Å²) in [6, 6.07) is 23.2. The molecule has 1 aliphatic rings. The van der Waals surface area contributed by atoms with E-state index in [9.17, 15) is 14.9 Å². The van der Waals surface area contributed by atoms with Crippen LogP contribution in [0.15, 0.2) is 77.7 Å². The van der Waals surface area contributed by atoms with Crippen molar-refractivity contribution in [1.82, 2.24) is 9.88 Å². The molecule has 1 aliphatic heterocycles. The van der Waals surface area contributed by atoms with Crippen LogP contribution >= 0.6 is 0 Å². The molecule has 6 heteroatoms. The zero-order chi connectivity index (χ0) is 24.3. The summed E-state index contributed by atoms with van der Waals surface area (Å²) < 4.78 is 6.16. The topological polar surface area (TPSA) is 86.2 Å². The smallest absolute Gasteiger partial charge is 0.411 e. The number of rotatable bonds is 6. The van der Waals surface area contributed by atoms with Crippen LogP contribution in [0.1, 0.15) is 50.8 Å². The number of aromatic nitrogens is 1. The van der Waals surface area contributed by atoms with E-state index in [0.29, 0.717) is 19.4 Å². The lowest BCUT2D eigenvalue weighted by molar-refractivity contribution is -0.0770. The van der Waals surface area contributed by atoms with Crippen molar-refractivity contribution in [3.05, 3.63) is 94.4 Å². The summed E-state index contributed by atoms with van der Waals surface area (Å²) >= 11 is 0. The second-order valence-electron chi connectivity index (χ2n) is 9.58. The molecule has 34 heavy (non-hydrogen) atoms. The first-order valence-electron chi connectivity index (χ1n) is 11.5. The van der Waals surface area contributed by atoms with E-state index in [1.807, 2.05) is 75.4 Å². The van der Waals surface area contributed by atoms with Gasteiger partial charge in [-0.3, -0.25) is 4.79 Å². The van der Waals surface area contributed by atoms with Crippen LogP contribution in [-0.4, -0.2) is 22.5 Å². The van der Waals surface area contributed by atoms with Gasteiger partial charge in [-0.1, -0.05) is 54.6 Å². The van der Waals surface area contributed by atoms with Crippen LogP contribution < -0.4 is 5.56 Å². The fraction of sp³-hybridized carbons (Fsp3) is 0.321. The van der Waals surface area contributed by atoms with Crippen LogP contribution in [0, 0.1) is 16.7 Å². The number of H-pyrrole nitrogens is 1. The van der Waals surface area contributed by atoms with E-state index in [4.69, 9.17) is 4.74 Å². The number of carbonyl (C=O) groups excluding carboxylic acids is 1. The van der Waals surface area contributed by atoms with E-state index in [0.717, 1.165) is 22.3 Å². The van der Waals surface area contributed by atoms with Crippen molar-refractivity contribution < 1.29 is 9.53 Å². The molecule has 3 aromatic rings. The van der Waals surface area contributed by atoms with Crippen molar-refractivity contribution >= 4 is 6.09 Å². The number of nitrogens with one attached hydrogen (secondary N) is 1. The molecule has 2 atom stereocenters. The van der Waals surface area contributed by atoms with Crippen LogP contribution in [0.4, 0.5) is 4.79 Å². The largest absolute Gasteiger partial charge is 0.438 e. The minimum absolute atomic E-state index is 0.137. The molecule has 1 saturated heterocycles. The highest BCUT2D eigenvalue weighted by molar-refractivity contribution is 5.70. The molecule has 6 nitrogen and oxygen atoms in total. The number of benzene rings is 2. The zero-order valence-corrected chi connectivity index (χ0v) is 19.7. The summed E-state index contributed by atoms with van der Waals surface area (Å²) in [5, 5.41) is 9.64. The van der Waals surface area contributed by atoms with E-state index < -0.39 is 11.0 Å². The van der Waals surface area contributed by atoms with Gasteiger partial charge in [-0.25, -0.2) is 4.79 Å². The average Bonchev–Trinajstić information content (AvgIpc) is 2.85. The molecule has 1 unspecified atom stereocenters. The van der Waals surface area contributed by atoms with Gasteiger partial charge in [-0.05, 0) is 49.1 Å². The van der Waals surface area contributed by atoms with Crippen LogP contribution in [-0.2, 0) is 10.3 Å². The number of pyridine rings is 1. The summed E-state index contributed by atoms with van der Waals surface area (Å²) in [6.45, 7) is 6.28. The Morgan fingerprint density at radius 3 is 2.32 bits per heavy atom. The summed E-state index contributed by atoms with van der Waals surface area (Å²) in [5.74, 6) is 0. The van der Waals surface area contributed by atoms with Crippen LogP contribution in [0.25, 0.3) is 11.1 Å². The van der Waals surface area contributed by atoms with Crippen molar-refractivity contribution in [3.63, 3.8) is 0 Å². The Bertz CT molecular complexity index is 1240. The maximum atomic E-state index is 13.3. The van der Waals surface area contributed by atoms with Crippen LogP contribution in [0.3, 0.4) is 0 Å². The van der Waals surface area contributed by atoms with Crippen LogP contribution in [0.2, 0.25) is 0 Å². The fourth-order valence-electron chi connectivity index (χ4n) is 4.67. The number of hydrogen-bond acceptors (Lipinski definition) is 4. The maximum Gasteiger partial charge on any atom is 0.411 e. The quantitative estimate of drug-likeness (QED) is 0.510. The first-order valence-corrected chi connectivity index (χ1v) is 11.5. The van der Waals surface area contributed by atoms with Gasteiger partial charge < -0.3 is 14.6 Å². The van der Waals surface area contributed by atoms with Gasteiger partial charge in [0.1, 0.15) is 5.60 Å². The van der Waals surface area contributed by atoms with Crippen molar-refractivity contribution in [2.75, 3.05) is 6.54 Å². The Morgan fingerprint density at radius 1 is 1.06 bits per heavy atom. The third kappa shape index (κ3) is 4.74. The lowest BCUT2D eigenvalue weighted by Crippen LogP contribution is -2.50. The molecular formula is C28H29N3O3. The number of amides is 1. The second kappa shape index (κ2) is 9.18. The number of ether oxygens (including phenoxy) is 1. The molecule has 4 rings (SSSR count). The first kappa shape index (κ1) is 23.3. The highest BCUT2D eigenvalue weighted by Gasteiger charge is 2.46. The Labute approximate surface area is 199 Å². The predicted octanol–water partition coefficient (Wildman–Crippen LogP) is 5.78. The molecule has 0 aliphatic carbocycles. The highest BCUT2D eigenvalue weighted by Crippen LogP contribution is 2.44. The molecule has 1 aromatic heterocycles. The Morgan fingerprint density at radius 2 is 1.74 bits per heavy atom. The molecule has 2 heterocycles. The standard InChI is InChI=1S/C28H29N3O3/c1-20(21-9-11-22(12-10-21)23-13-14-25(32)30-17-23)31-16-15-28(34-26(31)33,18-27(2,3)19-29)24-7-5-4-6-8-24/h4-14,17,20H,15-16,18H2,1-3H3,(H,30,32)/t20-,28?/m0/s1. The van der Waals surface area contributed by atoms with Crippen molar-refractivity contribution in [3.8, 4) is 17.2 Å². The highest BCUT2D eigenvalue weighted by atomic mass is 16.6. The maximum absolute atomic E-state index is 13.3. The minimum Gasteiger partial charge on any atom is -0.438 e. The Hall–Kier alpha value is -3.85. The first-order chi connectivity index (χ1) is 16.2. The molecular weight excluding hydrogens is 426 g/mol. The molecule has 0 bridgehead atoms. The molecule has 0 saturated carbocycles. The number of nitriles is 1. The molecule has 0 spiro atoms. The molecule has 174 valence electrons. The third-order valence-corrected chi connectivity index (χ3v) is 6.58. The van der Waals surface area contributed by atoms with Gasteiger partial charge in [0.05, 0.1) is 17.5 Å². The number of cyclic esters (lactones) is 1. The zero-order valence-electron chi connectivity index (χ0n) is 19.7. The Kier molecular flexibility index (Phi) is 6.30. The van der Waals surface area contributed by atoms with E-state index in [2.05, 4.69) is 11.1 Å². The van der Waals surface area contributed by atoms with Gasteiger partial charge in [0.25, 0.3) is 0 Å². The van der Waals surface area contributed by atoms with Crippen molar-refractivity contribution in [2.45, 2.75) is 45.3 Å². The summed E-state index contributed by atoms with van der Waals surface area (Å²) in [5.41, 5.74) is 2.21. The van der Waals surface area contributed by atoms with E-state index in [1.54, 1.807) is 17.2 Å². The van der Waals surface area contributed by atoms with Crippen molar-refractivity contribution in [1.29, 1.82) is 5.26 Å². The van der Waals surface area contributed by atoms with Gasteiger partial charge in [-0.2, -0.15) is 5.26 Å². The third-order valence-electron chi connectivity index (χ3n) is 6.58.